The van der Waals surface area contributed by atoms with E-state index < -0.39 is 0 Å². The number of benzene rings is 1. The average Bonchev–Trinajstić information content (AvgIpc) is 2.99. The summed E-state index contributed by atoms with van der Waals surface area (Å²) in [5.74, 6) is 0.247. The molecule has 0 spiro atoms. The number of fused-ring (bicyclic) bond motifs is 1. The molecule has 118 valence electrons. The molecule has 2 aromatic rings. The van der Waals surface area contributed by atoms with Gasteiger partial charge in [-0.15, -0.1) is 11.3 Å². The lowest BCUT2D eigenvalue weighted by Gasteiger charge is -2.18. The SMILES string of the molecule is N#C/C(=N\Nc1ccc2nc(C3CCCCC3)sc2c1)C(=N)N. The van der Waals surface area contributed by atoms with Gasteiger partial charge in [0.05, 0.1) is 20.9 Å². The van der Waals surface area contributed by atoms with E-state index in [0.29, 0.717) is 5.92 Å². The number of thiazole rings is 1. The summed E-state index contributed by atoms with van der Waals surface area (Å²) in [6.07, 6.45) is 6.40. The molecule has 1 aliphatic rings. The third-order valence-corrected chi connectivity index (χ3v) is 5.20. The molecule has 0 bridgehead atoms. The van der Waals surface area contributed by atoms with Crippen molar-refractivity contribution in [1.29, 1.82) is 10.7 Å². The second kappa shape index (κ2) is 6.75. The quantitative estimate of drug-likeness (QED) is 0.453. The first kappa shape index (κ1) is 15.4. The highest BCUT2D eigenvalue weighted by Crippen LogP contribution is 2.37. The van der Waals surface area contributed by atoms with Crippen molar-refractivity contribution in [2.45, 2.75) is 38.0 Å². The Morgan fingerprint density at radius 1 is 1.39 bits per heavy atom. The molecule has 0 aliphatic heterocycles. The summed E-state index contributed by atoms with van der Waals surface area (Å²) in [6.45, 7) is 0. The molecule has 6 nitrogen and oxygen atoms in total. The number of aromatic nitrogens is 1. The Hall–Kier alpha value is -2.46. The minimum atomic E-state index is -0.349. The standard InChI is InChI=1S/C16H18N6S/c17-9-13(15(18)19)22-21-11-6-7-12-14(8-11)23-16(20-12)10-4-2-1-3-5-10/h6-8,10,21H,1-5H2,(H3,18,19)/b22-13+. The van der Waals surface area contributed by atoms with Crippen molar-refractivity contribution in [3.8, 4) is 6.07 Å². The Morgan fingerprint density at radius 2 is 2.17 bits per heavy atom. The monoisotopic (exact) mass is 326 g/mol. The van der Waals surface area contributed by atoms with E-state index in [1.165, 1.54) is 37.1 Å². The van der Waals surface area contributed by atoms with Crippen LogP contribution in [-0.4, -0.2) is 16.5 Å². The number of hydrazone groups is 1. The second-order valence-corrected chi connectivity index (χ2v) is 6.73. The first-order valence-electron chi connectivity index (χ1n) is 7.66. The van der Waals surface area contributed by atoms with Crippen molar-refractivity contribution >= 4 is 38.8 Å². The number of amidine groups is 1. The lowest BCUT2D eigenvalue weighted by atomic mass is 9.90. The van der Waals surface area contributed by atoms with Crippen LogP contribution in [0.1, 0.15) is 43.0 Å². The van der Waals surface area contributed by atoms with E-state index in [-0.39, 0.29) is 11.5 Å². The van der Waals surface area contributed by atoms with Crippen LogP contribution in [-0.2, 0) is 0 Å². The highest BCUT2D eigenvalue weighted by atomic mass is 32.1. The van der Waals surface area contributed by atoms with Crippen LogP contribution >= 0.6 is 11.3 Å². The molecule has 1 aromatic carbocycles. The molecule has 0 radical (unpaired) electrons. The maximum atomic E-state index is 8.84. The van der Waals surface area contributed by atoms with Crippen LogP contribution in [0.2, 0.25) is 0 Å². The summed E-state index contributed by atoms with van der Waals surface area (Å²) in [5.41, 5.74) is 9.68. The first-order chi connectivity index (χ1) is 11.2. The van der Waals surface area contributed by atoms with Gasteiger partial charge in [0.2, 0.25) is 5.71 Å². The van der Waals surface area contributed by atoms with E-state index in [4.69, 9.17) is 21.4 Å². The third-order valence-electron chi connectivity index (χ3n) is 4.02. The molecule has 0 unspecified atom stereocenters. The molecule has 23 heavy (non-hydrogen) atoms. The molecule has 3 rings (SSSR count). The number of anilines is 1. The van der Waals surface area contributed by atoms with Crippen molar-refractivity contribution in [2.75, 3.05) is 5.43 Å². The van der Waals surface area contributed by atoms with Gasteiger partial charge in [-0.3, -0.25) is 10.8 Å². The fourth-order valence-electron chi connectivity index (χ4n) is 2.80. The van der Waals surface area contributed by atoms with Crippen LogP contribution < -0.4 is 11.2 Å². The molecule has 4 N–H and O–H groups in total. The van der Waals surface area contributed by atoms with Gasteiger partial charge in [0.1, 0.15) is 6.07 Å². The molecular weight excluding hydrogens is 308 g/mol. The number of hydrogen-bond acceptors (Lipinski definition) is 6. The van der Waals surface area contributed by atoms with Crippen molar-refractivity contribution in [3.05, 3.63) is 23.2 Å². The molecular formula is C16H18N6S. The van der Waals surface area contributed by atoms with Crippen LogP contribution in [0.15, 0.2) is 23.3 Å². The smallest absolute Gasteiger partial charge is 0.201 e. The van der Waals surface area contributed by atoms with Crippen molar-refractivity contribution in [2.24, 2.45) is 10.8 Å². The first-order valence-corrected chi connectivity index (χ1v) is 8.47. The Balaban J connectivity index is 1.82. The second-order valence-electron chi connectivity index (χ2n) is 5.67. The van der Waals surface area contributed by atoms with E-state index >= 15 is 0 Å². The van der Waals surface area contributed by atoms with Gasteiger partial charge < -0.3 is 5.73 Å². The highest BCUT2D eigenvalue weighted by molar-refractivity contribution is 7.18. The van der Waals surface area contributed by atoms with Gasteiger partial charge in [0.25, 0.3) is 0 Å². The van der Waals surface area contributed by atoms with Crippen LogP contribution in [0.25, 0.3) is 10.2 Å². The maximum Gasteiger partial charge on any atom is 0.201 e. The van der Waals surface area contributed by atoms with Crippen molar-refractivity contribution in [1.82, 2.24) is 4.98 Å². The molecule has 1 aromatic heterocycles. The molecule has 7 heteroatoms. The van der Waals surface area contributed by atoms with E-state index in [2.05, 4.69) is 10.5 Å². The number of hydrogen-bond donors (Lipinski definition) is 3. The maximum absolute atomic E-state index is 8.84. The summed E-state index contributed by atoms with van der Waals surface area (Å²) in [6, 6.07) is 7.58. The fourth-order valence-corrected chi connectivity index (χ4v) is 3.98. The summed E-state index contributed by atoms with van der Waals surface area (Å²) in [7, 11) is 0. The molecule has 1 aliphatic carbocycles. The predicted octanol–water partition coefficient (Wildman–Crippen LogP) is 3.57. The molecule has 1 heterocycles. The Kier molecular flexibility index (Phi) is 4.53. The zero-order chi connectivity index (χ0) is 16.2. The normalized spacial score (nSPS) is 16.2. The Morgan fingerprint density at radius 3 is 2.87 bits per heavy atom. The zero-order valence-electron chi connectivity index (χ0n) is 12.7. The van der Waals surface area contributed by atoms with Crippen LogP contribution in [0.4, 0.5) is 5.69 Å². The van der Waals surface area contributed by atoms with E-state index in [9.17, 15) is 0 Å². The van der Waals surface area contributed by atoms with Crippen LogP contribution in [0.5, 0.6) is 0 Å². The largest absolute Gasteiger partial charge is 0.382 e. The van der Waals surface area contributed by atoms with E-state index in [1.807, 2.05) is 18.2 Å². The van der Waals surface area contributed by atoms with Crippen LogP contribution in [0, 0.1) is 16.7 Å². The number of nitrogens with two attached hydrogens (primary N) is 1. The van der Waals surface area contributed by atoms with E-state index in [0.717, 1.165) is 15.9 Å². The topological polar surface area (TPSA) is 111 Å². The molecule has 1 saturated carbocycles. The predicted molar refractivity (Wildman–Crippen MR) is 94.0 cm³/mol. The summed E-state index contributed by atoms with van der Waals surface area (Å²) in [5, 5.41) is 21.2. The third kappa shape index (κ3) is 3.48. The molecule has 0 saturated heterocycles. The average molecular weight is 326 g/mol. The van der Waals surface area contributed by atoms with Gasteiger partial charge in [-0.1, -0.05) is 19.3 Å². The minimum Gasteiger partial charge on any atom is -0.382 e. The number of nitriles is 1. The molecule has 1 fully saturated rings. The lowest BCUT2D eigenvalue weighted by molar-refractivity contribution is 0.443. The summed E-state index contributed by atoms with van der Waals surface area (Å²) >= 11 is 1.73. The Bertz CT molecular complexity index is 794. The zero-order valence-corrected chi connectivity index (χ0v) is 13.5. The number of nitrogens with one attached hydrogen (secondary N) is 2. The lowest BCUT2D eigenvalue weighted by Crippen LogP contribution is -2.21. The Labute approximate surface area is 138 Å². The van der Waals surface area contributed by atoms with Gasteiger partial charge in [0, 0.05) is 5.92 Å². The van der Waals surface area contributed by atoms with Crippen LogP contribution in [0.3, 0.4) is 0 Å². The molecule has 0 amide bonds. The number of rotatable bonds is 4. The summed E-state index contributed by atoms with van der Waals surface area (Å²) in [4.78, 5) is 4.77. The van der Waals surface area contributed by atoms with Gasteiger partial charge in [0.15, 0.2) is 5.84 Å². The molecule has 0 atom stereocenters. The van der Waals surface area contributed by atoms with Gasteiger partial charge in [-0.05, 0) is 31.0 Å². The summed E-state index contributed by atoms with van der Waals surface area (Å²) < 4.78 is 1.10. The fraction of sp³-hybridized carbons (Fsp3) is 0.375. The van der Waals surface area contributed by atoms with E-state index in [1.54, 1.807) is 17.4 Å². The van der Waals surface area contributed by atoms with Gasteiger partial charge in [-0.25, -0.2) is 4.98 Å². The highest BCUT2D eigenvalue weighted by Gasteiger charge is 2.19. The minimum absolute atomic E-state index is 0.128. The van der Waals surface area contributed by atoms with Gasteiger partial charge >= 0.3 is 0 Å². The van der Waals surface area contributed by atoms with Crippen molar-refractivity contribution in [3.63, 3.8) is 0 Å². The van der Waals surface area contributed by atoms with Crippen molar-refractivity contribution < 1.29 is 0 Å². The van der Waals surface area contributed by atoms with Gasteiger partial charge in [-0.2, -0.15) is 10.4 Å². The number of nitrogens with zero attached hydrogens (tertiary/aromatic N) is 3.